The molecule has 3 aromatic carbocycles. The quantitative estimate of drug-likeness (QED) is 0.382. The predicted octanol–water partition coefficient (Wildman–Crippen LogP) is 5.08. The number of hydrogen-bond acceptors (Lipinski definition) is 4. The highest BCUT2D eigenvalue weighted by Crippen LogP contribution is 2.28. The number of nitrogens with zero attached hydrogens (tertiary/aromatic N) is 2. The number of nitrogens with one attached hydrogen (secondary N) is 1. The SMILES string of the molecule is CCc1ccccc1N(CC(=O)N(Cc1ccccc1)[C@H](C)C(=O)NC(C)(C)C)S(=O)(=O)c1ccc(C)cc1. The lowest BCUT2D eigenvalue weighted by molar-refractivity contribution is -0.140. The third-order valence-electron chi connectivity index (χ3n) is 6.39. The number of para-hydroxylation sites is 1. The van der Waals surface area contributed by atoms with E-state index in [1.807, 2.05) is 77.1 Å². The molecule has 0 saturated heterocycles. The summed E-state index contributed by atoms with van der Waals surface area (Å²) < 4.78 is 29.2. The van der Waals surface area contributed by atoms with Crippen LogP contribution in [0.15, 0.2) is 83.8 Å². The molecule has 0 fully saturated rings. The van der Waals surface area contributed by atoms with Crippen LogP contribution in [0.3, 0.4) is 0 Å². The Morgan fingerprint density at radius 2 is 1.49 bits per heavy atom. The molecule has 1 atom stereocenters. The van der Waals surface area contributed by atoms with Crippen molar-refractivity contribution in [3.8, 4) is 0 Å². The van der Waals surface area contributed by atoms with Gasteiger partial charge in [-0.2, -0.15) is 0 Å². The van der Waals surface area contributed by atoms with Crippen molar-refractivity contribution < 1.29 is 18.0 Å². The highest BCUT2D eigenvalue weighted by atomic mass is 32.2. The van der Waals surface area contributed by atoms with Crippen molar-refractivity contribution in [2.24, 2.45) is 0 Å². The van der Waals surface area contributed by atoms with Crippen LogP contribution in [0.25, 0.3) is 0 Å². The minimum absolute atomic E-state index is 0.0972. The second-order valence-corrected chi connectivity index (χ2v) is 12.6. The van der Waals surface area contributed by atoms with Gasteiger partial charge in [-0.15, -0.1) is 0 Å². The number of carbonyl (C=O) groups is 2. The van der Waals surface area contributed by atoms with E-state index in [1.165, 1.54) is 9.21 Å². The monoisotopic (exact) mass is 549 g/mol. The molecule has 208 valence electrons. The van der Waals surface area contributed by atoms with Crippen LogP contribution in [0.4, 0.5) is 5.69 Å². The molecule has 3 rings (SSSR count). The van der Waals surface area contributed by atoms with E-state index < -0.39 is 34.1 Å². The van der Waals surface area contributed by atoms with Gasteiger partial charge in [0.15, 0.2) is 0 Å². The van der Waals surface area contributed by atoms with Crippen molar-refractivity contribution in [2.45, 2.75) is 71.0 Å². The Bertz CT molecular complexity index is 1380. The average Bonchev–Trinajstić information content (AvgIpc) is 2.89. The molecule has 0 saturated carbocycles. The van der Waals surface area contributed by atoms with Gasteiger partial charge in [0.1, 0.15) is 12.6 Å². The van der Waals surface area contributed by atoms with Crippen molar-refractivity contribution in [3.63, 3.8) is 0 Å². The van der Waals surface area contributed by atoms with Crippen molar-refractivity contribution in [3.05, 3.63) is 95.6 Å². The molecule has 8 heteroatoms. The lowest BCUT2D eigenvalue weighted by Crippen LogP contribution is -2.54. The van der Waals surface area contributed by atoms with Crippen LogP contribution in [-0.4, -0.2) is 43.3 Å². The third-order valence-corrected chi connectivity index (χ3v) is 8.16. The number of hydrogen-bond donors (Lipinski definition) is 1. The maximum Gasteiger partial charge on any atom is 0.264 e. The second-order valence-electron chi connectivity index (χ2n) is 10.7. The maximum absolute atomic E-state index is 14.0. The molecule has 0 spiro atoms. The molecule has 0 unspecified atom stereocenters. The summed E-state index contributed by atoms with van der Waals surface area (Å²) in [4.78, 5) is 28.7. The molecular formula is C31H39N3O4S. The first-order chi connectivity index (χ1) is 18.3. The lowest BCUT2D eigenvalue weighted by atomic mass is 10.1. The number of benzene rings is 3. The van der Waals surface area contributed by atoms with E-state index >= 15 is 0 Å². The van der Waals surface area contributed by atoms with Crippen LogP contribution in [-0.2, 0) is 32.6 Å². The van der Waals surface area contributed by atoms with E-state index in [1.54, 1.807) is 43.3 Å². The van der Waals surface area contributed by atoms with Crippen LogP contribution < -0.4 is 9.62 Å². The molecule has 7 nitrogen and oxygen atoms in total. The zero-order valence-electron chi connectivity index (χ0n) is 23.6. The summed E-state index contributed by atoms with van der Waals surface area (Å²) in [5.41, 5.74) is 2.52. The molecule has 0 aromatic heterocycles. The molecule has 3 aromatic rings. The third kappa shape index (κ3) is 7.69. The minimum Gasteiger partial charge on any atom is -0.350 e. The van der Waals surface area contributed by atoms with E-state index in [2.05, 4.69) is 5.32 Å². The first-order valence-electron chi connectivity index (χ1n) is 13.2. The van der Waals surface area contributed by atoms with Crippen LogP contribution in [0.2, 0.25) is 0 Å². The number of carbonyl (C=O) groups excluding carboxylic acids is 2. The zero-order valence-corrected chi connectivity index (χ0v) is 24.5. The van der Waals surface area contributed by atoms with Crippen molar-refractivity contribution >= 4 is 27.5 Å². The Labute approximate surface area is 232 Å². The van der Waals surface area contributed by atoms with Crippen LogP contribution in [0.1, 0.15) is 51.3 Å². The van der Waals surface area contributed by atoms with E-state index in [-0.39, 0.29) is 17.3 Å². The van der Waals surface area contributed by atoms with Gasteiger partial charge in [0, 0.05) is 12.1 Å². The van der Waals surface area contributed by atoms with E-state index in [9.17, 15) is 18.0 Å². The van der Waals surface area contributed by atoms with E-state index in [4.69, 9.17) is 0 Å². The molecule has 0 aliphatic heterocycles. The summed E-state index contributed by atoms with van der Waals surface area (Å²) in [5.74, 6) is -0.786. The summed E-state index contributed by atoms with van der Waals surface area (Å²) >= 11 is 0. The summed E-state index contributed by atoms with van der Waals surface area (Å²) in [6.07, 6.45) is 0.586. The average molecular weight is 550 g/mol. The Kier molecular flexibility index (Phi) is 9.56. The fraction of sp³-hybridized carbons (Fsp3) is 0.355. The molecule has 1 N–H and O–H groups in total. The minimum atomic E-state index is -4.09. The maximum atomic E-state index is 14.0. The fourth-order valence-electron chi connectivity index (χ4n) is 4.24. The Balaban J connectivity index is 2.06. The Morgan fingerprint density at radius 3 is 2.08 bits per heavy atom. The Hall–Kier alpha value is -3.65. The molecule has 0 heterocycles. The van der Waals surface area contributed by atoms with Gasteiger partial charge in [0.05, 0.1) is 10.6 Å². The van der Waals surface area contributed by atoms with E-state index in [0.29, 0.717) is 12.1 Å². The molecule has 39 heavy (non-hydrogen) atoms. The molecule has 0 aliphatic rings. The number of sulfonamides is 1. The largest absolute Gasteiger partial charge is 0.350 e. The lowest BCUT2D eigenvalue weighted by Gasteiger charge is -2.34. The van der Waals surface area contributed by atoms with Gasteiger partial charge in [0.25, 0.3) is 10.0 Å². The first kappa shape index (κ1) is 29.9. The van der Waals surface area contributed by atoms with E-state index in [0.717, 1.165) is 16.7 Å². The topological polar surface area (TPSA) is 86.8 Å². The first-order valence-corrected chi connectivity index (χ1v) is 14.6. The fourth-order valence-corrected chi connectivity index (χ4v) is 5.69. The van der Waals surface area contributed by atoms with Gasteiger partial charge < -0.3 is 10.2 Å². The van der Waals surface area contributed by atoms with Gasteiger partial charge in [-0.05, 0) is 70.4 Å². The second kappa shape index (κ2) is 12.5. The Morgan fingerprint density at radius 1 is 0.897 bits per heavy atom. The van der Waals surface area contributed by atoms with Crippen LogP contribution >= 0.6 is 0 Å². The van der Waals surface area contributed by atoms with Crippen molar-refractivity contribution in [1.29, 1.82) is 0 Å². The molecular weight excluding hydrogens is 510 g/mol. The van der Waals surface area contributed by atoms with Gasteiger partial charge in [0.2, 0.25) is 11.8 Å². The molecule has 0 bridgehead atoms. The molecule has 0 radical (unpaired) electrons. The normalized spacial score (nSPS) is 12.5. The number of aryl methyl sites for hydroxylation is 2. The highest BCUT2D eigenvalue weighted by Gasteiger charge is 2.34. The zero-order chi connectivity index (χ0) is 28.8. The van der Waals surface area contributed by atoms with Crippen LogP contribution in [0, 0.1) is 6.92 Å². The smallest absolute Gasteiger partial charge is 0.264 e. The standard InChI is InChI=1S/C31H39N3O4S/c1-7-26-15-11-12-16-28(26)34(39(37,38)27-19-17-23(2)18-20-27)22-29(35)33(21-25-13-9-8-10-14-25)24(3)30(36)32-31(4,5)6/h8-20,24H,7,21-22H2,1-6H3,(H,32,36)/t24-/m1/s1. The number of amides is 2. The van der Waals surface area contributed by atoms with Gasteiger partial charge >= 0.3 is 0 Å². The highest BCUT2D eigenvalue weighted by molar-refractivity contribution is 7.92. The van der Waals surface area contributed by atoms with Crippen LogP contribution in [0.5, 0.6) is 0 Å². The van der Waals surface area contributed by atoms with Gasteiger partial charge in [-0.1, -0.05) is 73.2 Å². The summed E-state index contributed by atoms with van der Waals surface area (Å²) in [6, 6.07) is 22.3. The number of anilines is 1. The summed E-state index contributed by atoms with van der Waals surface area (Å²) in [5, 5.41) is 2.94. The summed E-state index contributed by atoms with van der Waals surface area (Å²) in [6.45, 7) is 10.8. The summed E-state index contributed by atoms with van der Waals surface area (Å²) in [7, 11) is -4.09. The van der Waals surface area contributed by atoms with Gasteiger partial charge in [-0.3, -0.25) is 13.9 Å². The van der Waals surface area contributed by atoms with Crippen molar-refractivity contribution in [2.75, 3.05) is 10.8 Å². The number of rotatable bonds is 10. The predicted molar refractivity (Wildman–Crippen MR) is 156 cm³/mol. The van der Waals surface area contributed by atoms with Gasteiger partial charge in [-0.25, -0.2) is 8.42 Å². The van der Waals surface area contributed by atoms with Crippen molar-refractivity contribution in [1.82, 2.24) is 10.2 Å². The molecule has 2 amide bonds. The molecule has 0 aliphatic carbocycles.